The van der Waals surface area contributed by atoms with Crippen molar-refractivity contribution in [1.29, 1.82) is 0 Å². The summed E-state index contributed by atoms with van der Waals surface area (Å²) in [5, 5.41) is 3.18. The van der Waals surface area contributed by atoms with E-state index in [0.29, 0.717) is 12.0 Å². The molecule has 2 fully saturated rings. The summed E-state index contributed by atoms with van der Waals surface area (Å²) in [6.45, 7) is 1.55. The predicted molar refractivity (Wildman–Crippen MR) is 88.2 cm³/mol. The molecule has 23 heavy (non-hydrogen) atoms. The monoisotopic (exact) mass is 313 g/mol. The number of likely N-dealkylation sites (tertiary alicyclic amines) is 1. The summed E-state index contributed by atoms with van der Waals surface area (Å²) < 4.78 is 2.07. The Morgan fingerprint density at radius 1 is 1.30 bits per heavy atom. The van der Waals surface area contributed by atoms with E-state index in [-0.39, 0.29) is 6.03 Å². The summed E-state index contributed by atoms with van der Waals surface area (Å²) >= 11 is 0. The normalized spacial score (nSPS) is 22.1. The molecular weight excluding hydrogens is 290 g/mol. The number of pyridine rings is 1. The van der Waals surface area contributed by atoms with E-state index in [1.54, 1.807) is 6.20 Å². The van der Waals surface area contributed by atoms with Crippen LogP contribution in [0.1, 0.15) is 43.8 Å². The van der Waals surface area contributed by atoms with Crippen LogP contribution in [-0.2, 0) is 7.05 Å². The maximum Gasteiger partial charge on any atom is 0.317 e. The number of imidazole rings is 1. The van der Waals surface area contributed by atoms with Gasteiger partial charge in [-0.05, 0) is 31.4 Å². The number of hydrogen-bond donors (Lipinski definition) is 1. The first-order valence-corrected chi connectivity index (χ1v) is 8.55. The second-order valence-corrected chi connectivity index (χ2v) is 6.74. The minimum Gasteiger partial charge on any atom is -0.335 e. The molecule has 0 aromatic carbocycles. The Bertz CT molecular complexity index is 719. The lowest BCUT2D eigenvalue weighted by molar-refractivity contribution is 0.204. The third-order valence-corrected chi connectivity index (χ3v) is 5.19. The van der Waals surface area contributed by atoms with Gasteiger partial charge in [-0.15, -0.1) is 0 Å². The van der Waals surface area contributed by atoms with Crippen LogP contribution in [0.4, 0.5) is 4.79 Å². The van der Waals surface area contributed by atoms with E-state index in [9.17, 15) is 4.79 Å². The highest BCUT2D eigenvalue weighted by atomic mass is 16.2. The van der Waals surface area contributed by atoms with Crippen LogP contribution in [-0.4, -0.2) is 44.6 Å². The van der Waals surface area contributed by atoms with E-state index >= 15 is 0 Å². The number of amides is 2. The summed E-state index contributed by atoms with van der Waals surface area (Å²) in [6, 6.07) is 4.37. The number of urea groups is 1. The first-order valence-electron chi connectivity index (χ1n) is 8.55. The van der Waals surface area contributed by atoms with Crippen LogP contribution in [0.3, 0.4) is 0 Å². The number of carbonyl (C=O) groups is 1. The molecule has 1 N–H and O–H groups in total. The Balaban J connectivity index is 1.46. The largest absolute Gasteiger partial charge is 0.335 e. The Labute approximate surface area is 135 Å². The van der Waals surface area contributed by atoms with Crippen molar-refractivity contribution in [2.75, 3.05) is 13.1 Å². The van der Waals surface area contributed by atoms with Gasteiger partial charge in [0, 0.05) is 38.3 Å². The van der Waals surface area contributed by atoms with Crippen molar-refractivity contribution in [2.24, 2.45) is 7.05 Å². The van der Waals surface area contributed by atoms with E-state index in [1.165, 1.54) is 12.8 Å². The van der Waals surface area contributed by atoms with Crippen molar-refractivity contribution in [3.05, 3.63) is 24.2 Å². The molecule has 2 aliphatic rings. The summed E-state index contributed by atoms with van der Waals surface area (Å²) in [6.07, 6.45) is 7.48. The zero-order valence-electron chi connectivity index (χ0n) is 13.5. The lowest BCUT2D eigenvalue weighted by Gasteiger charge is -2.20. The van der Waals surface area contributed by atoms with Crippen LogP contribution >= 0.6 is 0 Å². The fraction of sp³-hybridized carbons (Fsp3) is 0.588. The molecule has 6 heteroatoms. The lowest BCUT2D eigenvalue weighted by Crippen LogP contribution is -2.42. The number of hydrogen-bond acceptors (Lipinski definition) is 3. The molecule has 2 amide bonds. The molecular formula is C17H23N5O. The van der Waals surface area contributed by atoms with Crippen LogP contribution in [0.25, 0.3) is 11.2 Å². The number of rotatable bonds is 2. The zero-order chi connectivity index (χ0) is 15.8. The predicted octanol–water partition coefficient (Wildman–Crippen LogP) is 2.41. The third kappa shape index (κ3) is 2.66. The van der Waals surface area contributed by atoms with Crippen molar-refractivity contribution < 1.29 is 4.79 Å². The standard InChI is InChI=1S/C17H23N5O/c1-21-15(20-14-7-4-9-18-16(14)21)12-8-10-22(11-12)17(23)19-13-5-2-3-6-13/h4,7,9,12-13H,2-3,5-6,8,10-11H2,1H3,(H,19,23)/t12-/m0/s1. The van der Waals surface area contributed by atoms with Gasteiger partial charge in [-0.2, -0.15) is 0 Å². The van der Waals surface area contributed by atoms with E-state index in [0.717, 1.165) is 49.3 Å². The van der Waals surface area contributed by atoms with Gasteiger partial charge in [0.25, 0.3) is 0 Å². The van der Waals surface area contributed by atoms with Crippen molar-refractivity contribution in [3.63, 3.8) is 0 Å². The summed E-state index contributed by atoms with van der Waals surface area (Å²) in [4.78, 5) is 23.5. The molecule has 4 rings (SSSR count). The highest BCUT2D eigenvalue weighted by molar-refractivity contribution is 5.75. The molecule has 6 nitrogen and oxygen atoms in total. The van der Waals surface area contributed by atoms with Gasteiger partial charge in [-0.1, -0.05) is 12.8 Å². The van der Waals surface area contributed by atoms with E-state index in [1.807, 2.05) is 24.1 Å². The van der Waals surface area contributed by atoms with Crippen molar-refractivity contribution in [1.82, 2.24) is 24.8 Å². The van der Waals surface area contributed by atoms with Gasteiger partial charge in [0.15, 0.2) is 5.65 Å². The minimum atomic E-state index is 0.0938. The van der Waals surface area contributed by atoms with Crippen molar-refractivity contribution >= 4 is 17.2 Å². The Morgan fingerprint density at radius 2 is 2.13 bits per heavy atom. The molecule has 1 saturated carbocycles. The van der Waals surface area contributed by atoms with Gasteiger partial charge in [0.1, 0.15) is 11.3 Å². The van der Waals surface area contributed by atoms with Crippen LogP contribution < -0.4 is 5.32 Å². The zero-order valence-corrected chi connectivity index (χ0v) is 13.5. The van der Waals surface area contributed by atoms with Gasteiger partial charge in [0.2, 0.25) is 0 Å². The average Bonchev–Trinajstić information content (AvgIpc) is 3.28. The smallest absolute Gasteiger partial charge is 0.317 e. The fourth-order valence-corrected chi connectivity index (χ4v) is 3.90. The summed E-state index contributed by atoms with van der Waals surface area (Å²) in [5.74, 6) is 1.33. The van der Waals surface area contributed by atoms with Crippen LogP contribution in [0.5, 0.6) is 0 Å². The highest BCUT2D eigenvalue weighted by Crippen LogP contribution is 2.28. The number of fused-ring (bicyclic) bond motifs is 1. The second-order valence-electron chi connectivity index (χ2n) is 6.74. The number of aromatic nitrogens is 3. The molecule has 2 aromatic heterocycles. The summed E-state index contributed by atoms with van der Waals surface area (Å²) in [7, 11) is 2.01. The maximum atomic E-state index is 12.4. The fourth-order valence-electron chi connectivity index (χ4n) is 3.90. The molecule has 0 spiro atoms. The molecule has 3 heterocycles. The first-order chi connectivity index (χ1) is 11.2. The van der Waals surface area contributed by atoms with Crippen LogP contribution in [0, 0.1) is 0 Å². The topological polar surface area (TPSA) is 63.1 Å². The van der Waals surface area contributed by atoms with Crippen molar-refractivity contribution in [2.45, 2.75) is 44.1 Å². The maximum absolute atomic E-state index is 12.4. The number of nitrogens with one attached hydrogen (secondary N) is 1. The van der Waals surface area contributed by atoms with Gasteiger partial charge in [0.05, 0.1) is 0 Å². The molecule has 1 atom stereocenters. The van der Waals surface area contributed by atoms with E-state index in [2.05, 4.69) is 14.9 Å². The minimum absolute atomic E-state index is 0.0938. The van der Waals surface area contributed by atoms with Crippen LogP contribution in [0.15, 0.2) is 18.3 Å². The van der Waals surface area contributed by atoms with Gasteiger partial charge in [-0.25, -0.2) is 14.8 Å². The molecule has 0 radical (unpaired) electrons. The number of carbonyl (C=O) groups excluding carboxylic acids is 1. The lowest BCUT2D eigenvalue weighted by atomic mass is 10.1. The Hall–Kier alpha value is -2.11. The van der Waals surface area contributed by atoms with E-state index < -0.39 is 0 Å². The molecule has 2 aromatic rings. The SMILES string of the molecule is Cn1c([C@H]2CCN(C(=O)NC3CCCC3)C2)nc2cccnc21. The average molecular weight is 313 g/mol. The molecule has 1 aliphatic carbocycles. The summed E-state index contributed by atoms with van der Waals surface area (Å²) in [5.41, 5.74) is 1.84. The Morgan fingerprint density at radius 3 is 2.91 bits per heavy atom. The quantitative estimate of drug-likeness (QED) is 0.926. The number of nitrogens with zero attached hydrogens (tertiary/aromatic N) is 4. The third-order valence-electron chi connectivity index (χ3n) is 5.19. The number of aryl methyl sites for hydroxylation is 1. The first kappa shape index (κ1) is 14.5. The molecule has 1 saturated heterocycles. The Kier molecular flexibility index (Phi) is 3.67. The van der Waals surface area contributed by atoms with Crippen LogP contribution in [0.2, 0.25) is 0 Å². The highest BCUT2D eigenvalue weighted by Gasteiger charge is 2.31. The van der Waals surface area contributed by atoms with E-state index in [4.69, 9.17) is 4.98 Å². The van der Waals surface area contributed by atoms with Gasteiger partial charge in [-0.3, -0.25) is 0 Å². The second kappa shape index (κ2) is 5.83. The van der Waals surface area contributed by atoms with Crippen molar-refractivity contribution in [3.8, 4) is 0 Å². The molecule has 0 unspecified atom stereocenters. The van der Waals surface area contributed by atoms with Gasteiger partial charge < -0.3 is 14.8 Å². The molecule has 0 bridgehead atoms. The molecule has 1 aliphatic heterocycles. The van der Waals surface area contributed by atoms with Gasteiger partial charge >= 0.3 is 6.03 Å². The molecule has 122 valence electrons.